The van der Waals surface area contributed by atoms with E-state index in [0.717, 1.165) is 27.1 Å². The number of Topliss-reactive ketones (excluding diaryl/α,β-unsaturated/α-hetero) is 1. The summed E-state index contributed by atoms with van der Waals surface area (Å²) < 4.78 is 10.6. The van der Waals surface area contributed by atoms with Crippen molar-refractivity contribution < 1.29 is 23.8 Å². The number of methoxy groups -OCH3 is 1. The van der Waals surface area contributed by atoms with Gasteiger partial charge >= 0.3 is 0 Å². The molecule has 2 N–H and O–H groups in total. The second-order valence-electron chi connectivity index (χ2n) is 7.46. The maximum atomic E-state index is 13.1. The van der Waals surface area contributed by atoms with E-state index in [4.69, 9.17) is 9.15 Å². The lowest BCUT2D eigenvalue weighted by molar-refractivity contribution is -0.129. The van der Waals surface area contributed by atoms with Gasteiger partial charge in [0.05, 0.1) is 25.0 Å². The molecule has 0 saturated heterocycles. The molecule has 0 unspecified atom stereocenters. The molecule has 0 bridgehead atoms. The minimum atomic E-state index is -0.667. The highest BCUT2D eigenvalue weighted by Gasteiger charge is 2.44. The van der Waals surface area contributed by atoms with Crippen LogP contribution < -0.4 is 4.74 Å². The Morgan fingerprint density at radius 2 is 2.16 bits per heavy atom. The Morgan fingerprint density at radius 3 is 2.88 bits per heavy atom. The number of hydrogen-bond donors (Lipinski definition) is 2. The van der Waals surface area contributed by atoms with Crippen molar-refractivity contribution in [3.05, 3.63) is 87.8 Å². The van der Waals surface area contributed by atoms with Crippen LogP contribution in [0.4, 0.5) is 0 Å². The van der Waals surface area contributed by atoms with Gasteiger partial charge in [0.15, 0.2) is 11.5 Å². The molecule has 0 saturated carbocycles. The highest BCUT2D eigenvalue weighted by molar-refractivity contribution is 7.10. The van der Waals surface area contributed by atoms with Crippen molar-refractivity contribution >= 4 is 33.9 Å². The largest absolute Gasteiger partial charge is 0.503 e. The zero-order chi connectivity index (χ0) is 22.2. The fraction of sp³-hybridized carbons (Fsp3) is 0.167. The Bertz CT molecular complexity index is 1320. The number of aliphatic hydroxyl groups excluding tert-OH is 1. The predicted molar refractivity (Wildman–Crippen MR) is 120 cm³/mol. The first-order valence-electron chi connectivity index (χ1n) is 10.1. The molecule has 4 heterocycles. The minimum Gasteiger partial charge on any atom is -0.503 e. The monoisotopic (exact) mass is 448 g/mol. The van der Waals surface area contributed by atoms with E-state index in [1.165, 1.54) is 23.7 Å². The van der Waals surface area contributed by atoms with E-state index < -0.39 is 23.5 Å². The van der Waals surface area contributed by atoms with E-state index in [0.29, 0.717) is 13.0 Å². The van der Waals surface area contributed by atoms with E-state index in [9.17, 15) is 14.7 Å². The van der Waals surface area contributed by atoms with Gasteiger partial charge in [-0.05, 0) is 53.8 Å². The number of aromatic nitrogens is 1. The summed E-state index contributed by atoms with van der Waals surface area (Å²) in [4.78, 5) is 31.7. The molecule has 3 aromatic heterocycles. The Balaban J connectivity index is 1.47. The van der Waals surface area contributed by atoms with E-state index in [-0.39, 0.29) is 11.3 Å². The average Bonchev–Trinajstić information content (AvgIpc) is 3.60. The fourth-order valence-corrected chi connectivity index (χ4v) is 4.98. The highest BCUT2D eigenvalue weighted by atomic mass is 32.1. The SMILES string of the molecule is COc1ccc2[nH]cc(CCN3C(=O)C(O)=C(C(=O)c4ccco4)[C@H]3c3cccs3)c2c1. The molecule has 162 valence electrons. The molecule has 1 atom stereocenters. The number of thiophene rings is 1. The summed E-state index contributed by atoms with van der Waals surface area (Å²) in [5, 5.41) is 13.6. The van der Waals surface area contributed by atoms with Crippen LogP contribution in [0.15, 0.2) is 76.1 Å². The van der Waals surface area contributed by atoms with E-state index in [1.54, 1.807) is 18.1 Å². The standard InChI is InChI=1S/C24H20N2O5S/c1-30-15-6-7-17-16(12-15)14(13-25-17)8-9-26-21(19-5-3-11-32-19)20(23(28)24(26)29)22(27)18-4-2-10-31-18/h2-7,10-13,21,25,28H,8-9H2,1H3/t21-/m1/s1. The van der Waals surface area contributed by atoms with Crippen LogP contribution in [0, 0.1) is 0 Å². The van der Waals surface area contributed by atoms with Crippen molar-refractivity contribution in [3.63, 3.8) is 0 Å². The van der Waals surface area contributed by atoms with Gasteiger partial charge in [-0.25, -0.2) is 0 Å². The molecule has 1 aliphatic rings. The number of rotatable bonds is 7. The fourth-order valence-electron chi connectivity index (χ4n) is 4.13. The van der Waals surface area contributed by atoms with E-state index in [1.807, 2.05) is 41.9 Å². The van der Waals surface area contributed by atoms with Gasteiger partial charge < -0.3 is 24.1 Å². The molecule has 0 radical (unpaired) electrons. The Labute approximate surface area is 187 Å². The minimum absolute atomic E-state index is 0.0491. The van der Waals surface area contributed by atoms with Gasteiger partial charge in [0.25, 0.3) is 5.91 Å². The third-order valence-corrected chi connectivity index (χ3v) is 6.63. The van der Waals surface area contributed by atoms with Crippen LogP contribution in [-0.4, -0.2) is 40.3 Å². The Morgan fingerprint density at radius 1 is 1.28 bits per heavy atom. The first-order valence-corrected chi connectivity index (χ1v) is 11.0. The number of aliphatic hydroxyl groups is 1. The third kappa shape index (κ3) is 3.29. The maximum Gasteiger partial charge on any atom is 0.290 e. The zero-order valence-electron chi connectivity index (χ0n) is 17.2. The van der Waals surface area contributed by atoms with Gasteiger partial charge in [-0.3, -0.25) is 9.59 Å². The predicted octanol–water partition coefficient (Wildman–Crippen LogP) is 4.65. The van der Waals surface area contributed by atoms with Crippen LogP contribution in [0.1, 0.15) is 27.0 Å². The summed E-state index contributed by atoms with van der Waals surface area (Å²) in [5.41, 5.74) is 2.04. The second kappa shape index (κ2) is 8.05. The molecule has 4 aromatic rings. The molecule has 1 aliphatic heterocycles. The summed E-state index contributed by atoms with van der Waals surface area (Å²) in [5.74, 6) is -0.733. The number of furan rings is 1. The number of amides is 1. The lowest BCUT2D eigenvalue weighted by Crippen LogP contribution is -2.32. The average molecular weight is 449 g/mol. The second-order valence-corrected chi connectivity index (χ2v) is 8.44. The molecular weight excluding hydrogens is 428 g/mol. The maximum absolute atomic E-state index is 13.1. The molecule has 5 rings (SSSR count). The number of nitrogens with one attached hydrogen (secondary N) is 1. The van der Waals surface area contributed by atoms with Crippen LogP contribution in [0.3, 0.4) is 0 Å². The summed E-state index contributed by atoms with van der Waals surface area (Å²) >= 11 is 1.43. The summed E-state index contributed by atoms with van der Waals surface area (Å²) in [6, 6.07) is 12.0. The van der Waals surface area contributed by atoms with Gasteiger partial charge in [0.1, 0.15) is 5.75 Å². The Kier molecular flexibility index (Phi) is 5.07. The van der Waals surface area contributed by atoms with Gasteiger partial charge in [-0.15, -0.1) is 11.3 Å². The number of ketones is 1. The van der Waals surface area contributed by atoms with Gasteiger partial charge in [0.2, 0.25) is 5.78 Å². The van der Waals surface area contributed by atoms with Crippen molar-refractivity contribution in [2.24, 2.45) is 0 Å². The number of nitrogens with zero attached hydrogens (tertiary/aromatic N) is 1. The zero-order valence-corrected chi connectivity index (χ0v) is 18.0. The molecule has 7 nitrogen and oxygen atoms in total. The molecule has 32 heavy (non-hydrogen) atoms. The quantitative estimate of drug-likeness (QED) is 0.401. The summed E-state index contributed by atoms with van der Waals surface area (Å²) in [7, 11) is 1.62. The third-order valence-electron chi connectivity index (χ3n) is 5.70. The van der Waals surface area contributed by atoms with E-state index in [2.05, 4.69) is 4.98 Å². The highest BCUT2D eigenvalue weighted by Crippen LogP contribution is 2.41. The van der Waals surface area contributed by atoms with Crippen molar-refractivity contribution in [1.82, 2.24) is 9.88 Å². The molecular formula is C24H20N2O5S. The number of fused-ring (bicyclic) bond motifs is 1. The molecule has 8 heteroatoms. The number of H-pyrrole nitrogens is 1. The van der Waals surface area contributed by atoms with Gasteiger partial charge in [0, 0.05) is 28.5 Å². The topological polar surface area (TPSA) is 95.8 Å². The van der Waals surface area contributed by atoms with Crippen LogP contribution in [0.2, 0.25) is 0 Å². The lowest BCUT2D eigenvalue weighted by Gasteiger charge is -2.25. The van der Waals surface area contributed by atoms with Crippen LogP contribution in [0.25, 0.3) is 10.9 Å². The number of hydrogen-bond acceptors (Lipinski definition) is 6. The smallest absolute Gasteiger partial charge is 0.290 e. The number of aromatic amines is 1. The van der Waals surface area contributed by atoms with Gasteiger partial charge in [-0.1, -0.05) is 6.07 Å². The lowest BCUT2D eigenvalue weighted by atomic mass is 10.00. The number of carbonyl (C=O) groups excluding carboxylic acids is 2. The van der Waals surface area contributed by atoms with Crippen molar-refractivity contribution in [2.45, 2.75) is 12.5 Å². The summed E-state index contributed by atoms with van der Waals surface area (Å²) in [6.07, 6.45) is 3.84. The van der Waals surface area contributed by atoms with Crippen molar-refractivity contribution in [3.8, 4) is 5.75 Å². The molecule has 0 spiro atoms. The van der Waals surface area contributed by atoms with Crippen LogP contribution >= 0.6 is 11.3 Å². The van der Waals surface area contributed by atoms with Gasteiger partial charge in [-0.2, -0.15) is 0 Å². The molecule has 1 aromatic carbocycles. The van der Waals surface area contributed by atoms with Crippen molar-refractivity contribution in [2.75, 3.05) is 13.7 Å². The van der Waals surface area contributed by atoms with E-state index >= 15 is 0 Å². The molecule has 0 aliphatic carbocycles. The Hall–Kier alpha value is -3.78. The number of ether oxygens (including phenoxy) is 1. The van der Waals surface area contributed by atoms with Crippen LogP contribution in [0.5, 0.6) is 5.75 Å². The first-order chi connectivity index (χ1) is 15.6. The number of carbonyl (C=O) groups is 2. The molecule has 0 fully saturated rings. The van der Waals surface area contributed by atoms with Crippen molar-refractivity contribution in [1.29, 1.82) is 0 Å². The summed E-state index contributed by atoms with van der Waals surface area (Å²) in [6.45, 7) is 0.324. The molecule has 1 amide bonds. The number of benzene rings is 1. The van der Waals surface area contributed by atoms with Crippen LogP contribution in [-0.2, 0) is 11.2 Å². The first kappa shape index (κ1) is 20.1. The normalized spacial score (nSPS) is 16.3.